The molecule has 0 unspecified atom stereocenters. The molecule has 2 aromatic rings. The summed E-state index contributed by atoms with van der Waals surface area (Å²) in [7, 11) is 1.60. The summed E-state index contributed by atoms with van der Waals surface area (Å²) in [6.07, 6.45) is 0.971. The van der Waals surface area contributed by atoms with Crippen molar-refractivity contribution in [1.29, 1.82) is 0 Å². The van der Waals surface area contributed by atoms with Crippen molar-refractivity contribution in [2.24, 2.45) is 5.10 Å². The normalized spacial score (nSPS) is 13.8. The first-order chi connectivity index (χ1) is 11.2. The summed E-state index contributed by atoms with van der Waals surface area (Å²) in [5.74, 6) is 0.877. The van der Waals surface area contributed by atoms with Crippen molar-refractivity contribution in [1.82, 2.24) is 5.01 Å². The lowest BCUT2D eigenvalue weighted by molar-refractivity contribution is -0.130. The van der Waals surface area contributed by atoms with Crippen molar-refractivity contribution >= 4 is 11.6 Å². The van der Waals surface area contributed by atoms with E-state index in [0.717, 1.165) is 16.8 Å². The highest BCUT2D eigenvalue weighted by atomic mass is 16.5. The predicted molar refractivity (Wildman–Crippen MR) is 87.7 cm³/mol. The van der Waals surface area contributed by atoms with Gasteiger partial charge in [-0.2, -0.15) is 5.10 Å². The van der Waals surface area contributed by atoms with Crippen LogP contribution in [0.5, 0.6) is 11.5 Å². The minimum Gasteiger partial charge on any atom is -0.508 e. The minimum atomic E-state index is -0.0525. The Labute approximate surface area is 134 Å². The number of hydrogen-bond acceptors (Lipinski definition) is 4. The van der Waals surface area contributed by atoms with E-state index in [2.05, 4.69) is 5.10 Å². The van der Waals surface area contributed by atoms with Gasteiger partial charge in [-0.3, -0.25) is 4.79 Å². The second-order valence-electron chi connectivity index (χ2n) is 5.35. The van der Waals surface area contributed by atoms with Crippen molar-refractivity contribution in [2.75, 3.05) is 13.7 Å². The Kier molecular flexibility index (Phi) is 4.28. The van der Waals surface area contributed by atoms with Crippen LogP contribution in [-0.2, 0) is 11.2 Å². The maximum absolute atomic E-state index is 12.4. The van der Waals surface area contributed by atoms with Gasteiger partial charge in [0.25, 0.3) is 0 Å². The number of carbonyl (C=O) groups excluding carboxylic acids is 1. The number of methoxy groups -OCH3 is 1. The van der Waals surface area contributed by atoms with E-state index in [0.29, 0.717) is 18.7 Å². The molecule has 1 amide bonds. The molecule has 0 radical (unpaired) electrons. The molecule has 0 bridgehead atoms. The van der Waals surface area contributed by atoms with Gasteiger partial charge in [0.1, 0.15) is 11.5 Å². The summed E-state index contributed by atoms with van der Waals surface area (Å²) >= 11 is 0. The third kappa shape index (κ3) is 3.34. The molecule has 0 aliphatic carbocycles. The Balaban J connectivity index is 1.72. The molecule has 1 aliphatic rings. The number of aromatic hydroxyl groups is 1. The molecule has 118 valence electrons. The molecule has 23 heavy (non-hydrogen) atoms. The molecule has 5 heteroatoms. The van der Waals surface area contributed by atoms with Gasteiger partial charge < -0.3 is 9.84 Å². The van der Waals surface area contributed by atoms with Gasteiger partial charge in [0.2, 0.25) is 5.91 Å². The molecule has 0 saturated carbocycles. The van der Waals surface area contributed by atoms with Crippen LogP contribution in [0.2, 0.25) is 0 Å². The molecular formula is C18H18N2O3. The fourth-order valence-electron chi connectivity index (χ4n) is 2.60. The number of rotatable bonds is 4. The van der Waals surface area contributed by atoms with Crippen LogP contribution in [0.4, 0.5) is 0 Å². The Morgan fingerprint density at radius 2 is 1.96 bits per heavy atom. The van der Waals surface area contributed by atoms with E-state index in [1.807, 2.05) is 36.4 Å². The standard InChI is InChI=1S/C18H18N2O3/c1-23-17-5-3-2-4-14(17)12-18(22)20-11-10-16(19-20)13-6-8-15(21)9-7-13/h2-9,21H,10-12H2,1H3. The van der Waals surface area contributed by atoms with Crippen LogP contribution in [0.25, 0.3) is 0 Å². The number of benzene rings is 2. The van der Waals surface area contributed by atoms with Crippen LogP contribution in [-0.4, -0.2) is 35.4 Å². The second-order valence-corrected chi connectivity index (χ2v) is 5.35. The van der Waals surface area contributed by atoms with E-state index in [1.165, 1.54) is 5.01 Å². The molecular weight excluding hydrogens is 292 g/mol. The number of hydrazone groups is 1. The van der Waals surface area contributed by atoms with Crippen molar-refractivity contribution in [2.45, 2.75) is 12.8 Å². The summed E-state index contributed by atoms with van der Waals surface area (Å²) in [6, 6.07) is 14.4. The highest BCUT2D eigenvalue weighted by molar-refractivity contribution is 6.02. The first kappa shape index (κ1) is 15.1. The topological polar surface area (TPSA) is 62.1 Å². The lowest BCUT2D eigenvalue weighted by atomic mass is 10.1. The minimum absolute atomic E-state index is 0.0525. The smallest absolute Gasteiger partial charge is 0.247 e. The number of amides is 1. The molecule has 1 aliphatic heterocycles. The lowest BCUT2D eigenvalue weighted by Crippen LogP contribution is -2.25. The molecule has 5 nitrogen and oxygen atoms in total. The van der Waals surface area contributed by atoms with Crippen molar-refractivity contribution < 1.29 is 14.6 Å². The van der Waals surface area contributed by atoms with Gasteiger partial charge in [0.05, 0.1) is 25.8 Å². The van der Waals surface area contributed by atoms with E-state index in [9.17, 15) is 9.90 Å². The van der Waals surface area contributed by atoms with Crippen LogP contribution >= 0.6 is 0 Å². The molecule has 3 rings (SSSR count). The Morgan fingerprint density at radius 3 is 2.70 bits per heavy atom. The maximum atomic E-state index is 12.4. The largest absolute Gasteiger partial charge is 0.508 e. The Bertz CT molecular complexity index is 738. The van der Waals surface area contributed by atoms with Gasteiger partial charge in [-0.25, -0.2) is 5.01 Å². The van der Waals surface area contributed by atoms with Gasteiger partial charge >= 0.3 is 0 Å². The summed E-state index contributed by atoms with van der Waals surface area (Å²) in [6.45, 7) is 0.574. The molecule has 0 spiro atoms. The molecule has 1 N–H and O–H groups in total. The average molecular weight is 310 g/mol. The van der Waals surface area contributed by atoms with Gasteiger partial charge in [-0.15, -0.1) is 0 Å². The van der Waals surface area contributed by atoms with Crippen LogP contribution in [0.1, 0.15) is 17.5 Å². The van der Waals surface area contributed by atoms with E-state index >= 15 is 0 Å². The van der Waals surface area contributed by atoms with E-state index in [1.54, 1.807) is 19.2 Å². The summed E-state index contributed by atoms with van der Waals surface area (Å²) in [5, 5.41) is 15.3. The van der Waals surface area contributed by atoms with E-state index in [-0.39, 0.29) is 18.1 Å². The maximum Gasteiger partial charge on any atom is 0.247 e. The number of para-hydroxylation sites is 1. The van der Waals surface area contributed by atoms with Crippen molar-refractivity contribution in [3.63, 3.8) is 0 Å². The molecule has 0 saturated heterocycles. The number of nitrogens with zero attached hydrogens (tertiary/aromatic N) is 2. The summed E-state index contributed by atoms with van der Waals surface area (Å²) in [4.78, 5) is 12.4. The summed E-state index contributed by atoms with van der Waals surface area (Å²) < 4.78 is 5.28. The zero-order valence-electron chi connectivity index (χ0n) is 12.9. The van der Waals surface area contributed by atoms with Gasteiger partial charge in [-0.05, 0) is 35.9 Å². The average Bonchev–Trinajstić information content (AvgIpc) is 3.06. The van der Waals surface area contributed by atoms with E-state index in [4.69, 9.17) is 4.74 Å². The fourth-order valence-corrected chi connectivity index (χ4v) is 2.60. The monoisotopic (exact) mass is 310 g/mol. The first-order valence-corrected chi connectivity index (χ1v) is 7.46. The van der Waals surface area contributed by atoms with Crippen molar-refractivity contribution in [3.8, 4) is 11.5 Å². The number of phenols is 1. The van der Waals surface area contributed by atoms with Gasteiger partial charge in [-0.1, -0.05) is 18.2 Å². The number of ether oxygens (including phenoxy) is 1. The van der Waals surface area contributed by atoms with Crippen LogP contribution in [0.3, 0.4) is 0 Å². The van der Waals surface area contributed by atoms with Crippen LogP contribution in [0.15, 0.2) is 53.6 Å². The number of hydrogen-bond donors (Lipinski definition) is 1. The quantitative estimate of drug-likeness (QED) is 0.944. The second kappa shape index (κ2) is 6.52. The molecule has 2 aromatic carbocycles. The highest BCUT2D eigenvalue weighted by Gasteiger charge is 2.22. The van der Waals surface area contributed by atoms with Crippen molar-refractivity contribution in [3.05, 3.63) is 59.7 Å². The molecule has 0 fully saturated rings. The molecule has 1 heterocycles. The van der Waals surface area contributed by atoms with E-state index < -0.39 is 0 Å². The molecule has 0 atom stereocenters. The predicted octanol–water partition coefficient (Wildman–Crippen LogP) is 2.58. The molecule has 0 aromatic heterocycles. The third-order valence-corrected chi connectivity index (χ3v) is 3.82. The Hall–Kier alpha value is -2.82. The number of phenolic OH excluding ortho intramolecular Hbond substituents is 1. The fraction of sp³-hybridized carbons (Fsp3) is 0.222. The third-order valence-electron chi connectivity index (χ3n) is 3.82. The zero-order valence-corrected chi connectivity index (χ0v) is 12.9. The van der Waals surface area contributed by atoms with Crippen LogP contribution in [0, 0.1) is 0 Å². The zero-order chi connectivity index (χ0) is 16.2. The lowest BCUT2D eigenvalue weighted by Gasteiger charge is -2.13. The van der Waals surface area contributed by atoms with Crippen LogP contribution < -0.4 is 4.74 Å². The SMILES string of the molecule is COc1ccccc1CC(=O)N1CCC(c2ccc(O)cc2)=N1. The first-order valence-electron chi connectivity index (χ1n) is 7.46. The van der Waals surface area contributed by atoms with Gasteiger partial charge in [0.15, 0.2) is 0 Å². The highest BCUT2D eigenvalue weighted by Crippen LogP contribution is 2.21. The summed E-state index contributed by atoms with van der Waals surface area (Å²) in [5.41, 5.74) is 2.64. The number of carbonyl (C=O) groups is 1. The Morgan fingerprint density at radius 1 is 1.22 bits per heavy atom. The van der Waals surface area contributed by atoms with Gasteiger partial charge in [0, 0.05) is 12.0 Å².